The third-order valence-electron chi connectivity index (χ3n) is 4.92. The van der Waals surface area contributed by atoms with E-state index in [1.807, 2.05) is 0 Å². The summed E-state index contributed by atoms with van der Waals surface area (Å²) in [4.78, 5) is -0.595. The number of rotatable bonds is 8. The quantitative estimate of drug-likeness (QED) is 0.246. The van der Waals surface area contributed by atoms with Crippen molar-refractivity contribution in [3.8, 4) is 0 Å². The first-order valence-corrected chi connectivity index (χ1v) is 13.1. The van der Waals surface area contributed by atoms with Gasteiger partial charge in [-0.3, -0.25) is 0 Å². The summed E-state index contributed by atoms with van der Waals surface area (Å²) >= 11 is 5.85. The Kier molecular flexibility index (Phi) is 7.65. The van der Waals surface area contributed by atoms with Crippen LogP contribution in [0.2, 0.25) is 5.02 Å². The molecule has 37 heavy (non-hydrogen) atoms. The van der Waals surface area contributed by atoms with Crippen LogP contribution in [0.15, 0.2) is 99.6 Å². The third-order valence-corrected chi connectivity index (χ3v) is 10.4. The van der Waals surface area contributed by atoms with Crippen molar-refractivity contribution in [2.24, 2.45) is 0 Å². The molecule has 0 fully saturated rings. The van der Waals surface area contributed by atoms with Crippen LogP contribution in [0.3, 0.4) is 0 Å². The SMILES string of the molecule is O=S(=O)(OS(c1ccccc1)(c1ccccc1)c1ccc(Cl)cc1)C(F)(F)C(F)(F)C(F)(F)C(F)(F)F. The molecule has 0 spiro atoms. The van der Waals surface area contributed by atoms with Gasteiger partial charge in [0.1, 0.15) is 0 Å². The van der Waals surface area contributed by atoms with Crippen LogP contribution in [0, 0.1) is 0 Å². The highest BCUT2D eigenvalue weighted by atomic mass is 35.5. The fraction of sp³-hybridized carbons (Fsp3) is 0.182. The van der Waals surface area contributed by atoms with Crippen LogP contribution in [-0.2, 0) is 13.7 Å². The van der Waals surface area contributed by atoms with Gasteiger partial charge >= 0.3 is 33.4 Å². The number of alkyl halides is 9. The van der Waals surface area contributed by atoms with Crippen molar-refractivity contribution in [1.29, 1.82) is 0 Å². The molecule has 3 rings (SSSR count). The number of benzene rings is 3. The molecule has 0 radical (unpaired) electrons. The molecule has 0 saturated heterocycles. The monoisotopic (exact) mass is 596 g/mol. The van der Waals surface area contributed by atoms with Gasteiger partial charge in [0.25, 0.3) is 0 Å². The first-order chi connectivity index (χ1) is 16.9. The third kappa shape index (κ3) is 4.79. The maximum atomic E-state index is 14.7. The minimum absolute atomic E-state index is 0.0858. The summed E-state index contributed by atoms with van der Waals surface area (Å²) in [6.07, 6.45) is -7.21. The Morgan fingerprint density at radius 1 is 0.568 bits per heavy atom. The average Bonchev–Trinajstić information content (AvgIpc) is 2.83. The van der Waals surface area contributed by atoms with Gasteiger partial charge in [-0.15, -0.1) is 0 Å². The van der Waals surface area contributed by atoms with Gasteiger partial charge in [-0.1, -0.05) is 48.0 Å². The van der Waals surface area contributed by atoms with Crippen LogP contribution in [0.5, 0.6) is 0 Å². The Bertz CT molecular complexity index is 1290. The molecule has 3 aromatic carbocycles. The molecule has 0 aliphatic carbocycles. The molecule has 0 N–H and O–H groups in total. The van der Waals surface area contributed by atoms with Crippen molar-refractivity contribution in [3.05, 3.63) is 90.0 Å². The van der Waals surface area contributed by atoms with Gasteiger partial charge in [0.15, 0.2) is 0 Å². The molecule has 15 heteroatoms. The van der Waals surface area contributed by atoms with Gasteiger partial charge in [0.05, 0.1) is 0 Å². The molecule has 0 saturated carbocycles. The summed E-state index contributed by atoms with van der Waals surface area (Å²) in [5.41, 5.74) is 0. The normalized spacial score (nSPS) is 14.4. The lowest BCUT2D eigenvalue weighted by Gasteiger charge is -2.41. The summed E-state index contributed by atoms with van der Waals surface area (Å²) in [6, 6.07) is 17.5. The lowest BCUT2D eigenvalue weighted by atomic mass is 10.1. The number of halogens is 10. The summed E-state index contributed by atoms with van der Waals surface area (Å²) < 4.78 is 153. The van der Waals surface area contributed by atoms with Crippen LogP contribution in [0.4, 0.5) is 39.5 Å². The van der Waals surface area contributed by atoms with E-state index in [2.05, 4.69) is 0 Å². The van der Waals surface area contributed by atoms with Crippen molar-refractivity contribution in [1.82, 2.24) is 0 Å². The zero-order valence-corrected chi connectivity index (χ0v) is 20.3. The van der Waals surface area contributed by atoms with Crippen molar-refractivity contribution >= 4 is 32.0 Å². The van der Waals surface area contributed by atoms with Crippen LogP contribution in [-0.4, -0.2) is 31.7 Å². The van der Waals surface area contributed by atoms with Crippen LogP contribution >= 0.6 is 21.9 Å². The highest BCUT2D eigenvalue weighted by Gasteiger charge is 2.86. The van der Waals surface area contributed by atoms with Crippen molar-refractivity contribution in [2.75, 3.05) is 0 Å². The zero-order chi connectivity index (χ0) is 27.9. The molecule has 0 heterocycles. The molecule has 0 aromatic heterocycles. The zero-order valence-electron chi connectivity index (χ0n) is 17.9. The first-order valence-electron chi connectivity index (χ1n) is 9.77. The maximum absolute atomic E-state index is 14.7. The van der Waals surface area contributed by atoms with Crippen molar-refractivity contribution in [2.45, 2.75) is 38.0 Å². The predicted molar refractivity (Wildman–Crippen MR) is 118 cm³/mol. The summed E-state index contributed by atoms with van der Waals surface area (Å²) in [5.74, 6) is -14.9. The second kappa shape index (κ2) is 9.71. The van der Waals surface area contributed by atoms with Crippen LogP contribution in [0.1, 0.15) is 0 Å². The van der Waals surface area contributed by atoms with E-state index in [4.69, 9.17) is 15.2 Å². The molecule has 0 atom stereocenters. The van der Waals surface area contributed by atoms with Crippen molar-refractivity contribution in [3.63, 3.8) is 0 Å². The molecule has 0 amide bonds. The molecule has 202 valence electrons. The van der Waals surface area contributed by atoms with E-state index >= 15 is 0 Å². The smallest absolute Gasteiger partial charge is 0.202 e. The van der Waals surface area contributed by atoms with Gasteiger partial charge < -0.3 is 0 Å². The van der Waals surface area contributed by atoms with E-state index in [-0.39, 0.29) is 19.7 Å². The molecule has 3 nitrogen and oxygen atoms in total. The lowest BCUT2D eigenvalue weighted by molar-refractivity contribution is -0.382. The number of hydrogen-bond donors (Lipinski definition) is 0. The first kappa shape index (κ1) is 29.1. The van der Waals surface area contributed by atoms with Crippen LogP contribution in [0.25, 0.3) is 0 Å². The molecule has 0 aliphatic rings. The van der Waals surface area contributed by atoms with E-state index in [9.17, 15) is 47.9 Å². The Morgan fingerprint density at radius 2 is 0.946 bits per heavy atom. The Balaban J connectivity index is 2.34. The van der Waals surface area contributed by atoms with E-state index in [1.165, 1.54) is 72.8 Å². The van der Waals surface area contributed by atoms with Gasteiger partial charge in [0.2, 0.25) is 0 Å². The Labute approximate surface area is 211 Å². The lowest BCUT2D eigenvalue weighted by Crippen LogP contribution is -2.63. The maximum Gasteiger partial charge on any atom is 0.460 e. The molecule has 0 unspecified atom stereocenters. The molecule has 0 aliphatic heterocycles. The van der Waals surface area contributed by atoms with Crippen molar-refractivity contribution < 1.29 is 51.6 Å². The molecule has 0 bridgehead atoms. The average molecular weight is 597 g/mol. The topological polar surface area (TPSA) is 43.4 Å². The number of hydrogen-bond acceptors (Lipinski definition) is 3. The predicted octanol–water partition coefficient (Wildman–Crippen LogP) is 8.31. The minimum atomic E-state index is -7.45. The molecular formula is C22H14ClF9O3S2. The highest BCUT2D eigenvalue weighted by molar-refractivity contribution is 8.33. The largest absolute Gasteiger partial charge is 0.460 e. The van der Waals surface area contributed by atoms with Gasteiger partial charge in [-0.2, -0.15) is 47.9 Å². The summed E-state index contributed by atoms with van der Waals surface area (Å²) in [7, 11) is -11.2. The summed E-state index contributed by atoms with van der Waals surface area (Å²) in [6.45, 7) is 0. The van der Waals surface area contributed by atoms with Gasteiger partial charge in [0, 0.05) is 19.7 Å². The highest BCUT2D eigenvalue weighted by Crippen LogP contribution is 2.71. The van der Waals surface area contributed by atoms with E-state index in [0.29, 0.717) is 0 Å². The standard InChI is InChI=1S/C22H14ClF9O3S2/c23-15-11-13-18(14-12-15)36(16-7-3-1-4-8-16,17-9-5-2-6-10-17)35-37(33,34)22(31,32)20(26,27)19(24,25)21(28,29)30/h1-14H. The second-order valence-electron chi connectivity index (χ2n) is 7.32. The van der Waals surface area contributed by atoms with E-state index in [1.54, 1.807) is 0 Å². The van der Waals surface area contributed by atoms with Gasteiger partial charge in [-0.25, -0.2) is 3.63 Å². The van der Waals surface area contributed by atoms with E-state index in [0.717, 1.165) is 12.1 Å². The fourth-order valence-corrected chi connectivity index (χ4v) is 8.42. The van der Waals surface area contributed by atoms with Crippen LogP contribution < -0.4 is 0 Å². The second-order valence-corrected chi connectivity index (χ2v) is 12.3. The molecular weight excluding hydrogens is 583 g/mol. The van der Waals surface area contributed by atoms with E-state index < -0.39 is 43.7 Å². The fourth-order valence-electron chi connectivity index (χ4n) is 3.07. The van der Waals surface area contributed by atoms with Gasteiger partial charge in [-0.05, 0) is 58.8 Å². The summed E-state index contributed by atoms with van der Waals surface area (Å²) in [5, 5.41) is -6.95. The Hall–Kier alpha value is -2.42. The molecule has 3 aromatic rings. The minimum Gasteiger partial charge on any atom is -0.202 e. The Morgan fingerprint density at radius 3 is 1.32 bits per heavy atom.